The summed E-state index contributed by atoms with van der Waals surface area (Å²) in [6.45, 7) is 10.3. The van der Waals surface area contributed by atoms with Crippen molar-refractivity contribution >= 4 is 28.2 Å². The molecule has 1 saturated heterocycles. The minimum atomic E-state index is 0.830. The van der Waals surface area contributed by atoms with Crippen molar-refractivity contribution in [2.45, 2.75) is 27.2 Å². The van der Waals surface area contributed by atoms with E-state index in [2.05, 4.69) is 75.5 Å². The molecule has 0 saturated carbocycles. The molecule has 2 aromatic heterocycles. The molecule has 148 valence electrons. The molecule has 0 aliphatic carbocycles. The predicted octanol–water partition coefficient (Wildman–Crippen LogP) is 3.78. The summed E-state index contributed by atoms with van der Waals surface area (Å²) in [4.78, 5) is 9.88. The molecule has 0 atom stereocenters. The lowest BCUT2D eigenvalue weighted by atomic mass is 10.1. The van der Waals surface area contributed by atoms with E-state index in [1.807, 2.05) is 12.1 Å². The number of piperazine rings is 1. The van der Waals surface area contributed by atoms with Gasteiger partial charge < -0.3 is 9.80 Å². The molecule has 0 N–H and O–H groups in total. The standard InChI is InChI=1S/C23H26N6/c1-4-21-25-26-22-18-7-5-6-8-19(18)24-23(29(21)22)28-13-11-27(12-14-28)20-10-9-16(2)15-17(20)3/h5-10,15H,4,11-14H2,1-3H3. The molecular weight excluding hydrogens is 360 g/mol. The molecule has 0 bridgehead atoms. The zero-order valence-corrected chi connectivity index (χ0v) is 17.3. The minimum absolute atomic E-state index is 0.830. The summed E-state index contributed by atoms with van der Waals surface area (Å²) in [5, 5.41) is 9.98. The Bertz CT molecular complexity index is 1190. The van der Waals surface area contributed by atoms with Gasteiger partial charge in [-0.1, -0.05) is 36.8 Å². The maximum Gasteiger partial charge on any atom is 0.213 e. The number of hydrogen-bond acceptors (Lipinski definition) is 5. The van der Waals surface area contributed by atoms with Gasteiger partial charge in [-0.2, -0.15) is 0 Å². The second-order valence-electron chi connectivity index (χ2n) is 7.82. The van der Waals surface area contributed by atoms with E-state index in [1.165, 1.54) is 16.8 Å². The van der Waals surface area contributed by atoms with Gasteiger partial charge in [0.1, 0.15) is 5.82 Å². The highest BCUT2D eigenvalue weighted by Crippen LogP contribution is 2.27. The summed E-state index contributed by atoms with van der Waals surface area (Å²) in [6.07, 6.45) is 0.830. The third-order valence-electron chi connectivity index (χ3n) is 5.87. The number of nitrogens with zero attached hydrogens (tertiary/aromatic N) is 6. The van der Waals surface area contributed by atoms with Crippen LogP contribution in [0.4, 0.5) is 11.6 Å². The summed E-state index contributed by atoms with van der Waals surface area (Å²) in [5.74, 6) is 1.92. The highest BCUT2D eigenvalue weighted by Gasteiger charge is 2.23. The zero-order chi connectivity index (χ0) is 20.0. The van der Waals surface area contributed by atoms with E-state index in [0.717, 1.165) is 60.9 Å². The summed E-state index contributed by atoms with van der Waals surface area (Å²) >= 11 is 0. The molecule has 2 aromatic carbocycles. The van der Waals surface area contributed by atoms with Crippen LogP contribution in [-0.4, -0.2) is 45.8 Å². The van der Waals surface area contributed by atoms with Crippen molar-refractivity contribution in [3.63, 3.8) is 0 Å². The van der Waals surface area contributed by atoms with Crippen molar-refractivity contribution in [1.29, 1.82) is 0 Å². The molecule has 1 aliphatic heterocycles. The van der Waals surface area contributed by atoms with E-state index < -0.39 is 0 Å². The Morgan fingerprint density at radius 3 is 2.41 bits per heavy atom. The van der Waals surface area contributed by atoms with Gasteiger partial charge in [-0.3, -0.25) is 0 Å². The normalized spacial score (nSPS) is 14.9. The predicted molar refractivity (Wildman–Crippen MR) is 118 cm³/mol. The van der Waals surface area contributed by atoms with Gasteiger partial charge in [-0.05, 0) is 37.6 Å². The molecular formula is C23H26N6. The first-order valence-corrected chi connectivity index (χ1v) is 10.4. The zero-order valence-electron chi connectivity index (χ0n) is 17.3. The first kappa shape index (κ1) is 17.9. The SMILES string of the molecule is CCc1nnc2c3ccccc3nc(N3CCN(c4ccc(C)cc4C)CC3)n12. The Hall–Kier alpha value is -3.15. The summed E-state index contributed by atoms with van der Waals surface area (Å²) in [5.41, 5.74) is 5.87. The van der Waals surface area contributed by atoms with Crippen LogP contribution in [0.15, 0.2) is 42.5 Å². The van der Waals surface area contributed by atoms with Crippen LogP contribution in [0.2, 0.25) is 0 Å². The summed E-state index contributed by atoms with van der Waals surface area (Å²) < 4.78 is 2.15. The fourth-order valence-corrected chi connectivity index (χ4v) is 4.37. The lowest BCUT2D eigenvalue weighted by Crippen LogP contribution is -2.47. The Labute approximate surface area is 170 Å². The third kappa shape index (κ3) is 2.99. The molecule has 4 aromatic rings. The molecule has 0 radical (unpaired) electrons. The minimum Gasteiger partial charge on any atom is -0.368 e. The number of para-hydroxylation sites is 1. The van der Waals surface area contributed by atoms with Gasteiger partial charge in [0.25, 0.3) is 0 Å². The molecule has 3 heterocycles. The molecule has 1 aliphatic rings. The van der Waals surface area contributed by atoms with Crippen LogP contribution in [-0.2, 0) is 6.42 Å². The fraction of sp³-hybridized carbons (Fsp3) is 0.348. The molecule has 0 spiro atoms. The average molecular weight is 387 g/mol. The second kappa shape index (κ2) is 7.03. The molecule has 5 rings (SSSR count). The summed E-state index contributed by atoms with van der Waals surface area (Å²) in [7, 11) is 0. The van der Waals surface area contributed by atoms with Crippen molar-refractivity contribution in [2.24, 2.45) is 0 Å². The van der Waals surface area contributed by atoms with E-state index in [-0.39, 0.29) is 0 Å². The number of aromatic nitrogens is 4. The van der Waals surface area contributed by atoms with Gasteiger partial charge in [0.2, 0.25) is 5.95 Å². The number of fused-ring (bicyclic) bond motifs is 3. The van der Waals surface area contributed by atoms with Crippen molar-refractivity contribution in [3.8, 4) is 0 Å². The summed E-state index contributed by atoms with van der Waals surface area (Å²) in [6, 6.07) is 14.9. The quantitative estimate of drug-likeness (QED) is 0.536. The van der Waals surface area contributed by atoms with Crippen molar-refractivity contribution in [2.75, 3.05) is 36.0 Å². The van der Waals surface area contributed by atoms with Crippen molar-refractivity contribution in [1.82, 2.24) is 19.6 Å². The van der Waals surface area contributed by atoms with Crippen LogP contribution in [0, 0.1) is 13.8 Å². The lowest BCUT2D eigenvalue weighted by molar-refractivity contribution is 0.634. The van der Waals surface area contributed by atoms with Gasteiger partial charge in [0.15, 0.2) is 5.65 Å². The topological polar surface area (TPSA) is 49.6 Å². The first-order valence-electron chi connectivity index (χ1n) is 10.4. The van der Waals surface area contributed by atoms with E-state index in [9.17, 15) is 0 Å². The fourth-order valence-electron chi connectivity index (χ4n) is 4.37. The molecule has 6 heteroatoms. The van der Waals surface area contributed by atoms with E-state index in [1.54, 1.807) is 0 Å². The highest BCUT2D eigenvalue weighted by atomic mass is 15.4. The van der Waals surface area contributed by atoms with Crippen LogP contribution < -0.4 is 9.80 Å². The number of aryl methyl sites for hydroxylation is 3. The number of benzene rings is 2. The van der Waals surface area contributed by atoms with Crippen LogP contribution in [0.25, 0.3) is 16.6 Å². The number of hydrogen-bond donors (Lipinski definition) is 0. The molecule has 29 heavy (non-hydrogen) atoms. The smallest absolute Gasteiger partial charge is 0.213 e. The van der Waals surface area contributed by atoms with Gasteiger partial charge in [0, 0.05) is 43.7 Å². The van der Waals surface area contributed by atoms with Crippen molar-refractivity contribution < 1.29 is 0 Å². The van der Waals surface area contributed by atoms with Gasteiger partial charge in [-0.25, -0.2) is 9.38 Å². The first-order chi connectivity index (χ1) is 14.2. The Kier molecular flexibility index (Phi) is 4.34. The maximum absolute atomic E-state index is 5.03. The third-order valence-corrected chi connectivity index (χ3v) is 5.87. The Balaban J connectivity index is 1.50. The van der Waals surface area contributed by atoms with Crippen LogP contribution in [0.5, 0.6) is 0 Å². The van der Waals surface area contributed by atoms with Crippen LogP contribution in [0.3, 0.4) is 0 Å². The Morgan fingerprint density at radius 1 is 0.897 bits per heavy atom. The van der Waals surface area contributed by atoms with Gasteiger partial charge in [0.05, 0.1) is 5.52 Å². The lowest BCUT2D eigenvalue weighted by Gasteiger charge is -2.37. The van der Waals surface area contributed by atoms with Crippen LogP contribution in [0.1, 0.15) is 23.9 Å². The number of rotatable bonds is 3. The molecule has 0 unspecified atom stereocenters. The molecule has 0 amide bonds. The maximum atomic E-state index is 5.03. The molecule has 1 fully saturated rings. The largest absolute Gasteiger partial charge is 0.368 e. The van der Waals surface area contributed by atoms with Gasteiger partial charge in [-0.15, -0.1) is 10.2 Å². The van der Waals surface area contributed by atoms with Gasteiger partial charge >= 0.3 is 0 Å². The Morgan fingerprint density at radius 2 is 1.66 bits per heavy atom. The van der Waals surface area contributed by atoms with Crippen LogP contribution >= 0.6 is 0 Å². The highest BCUT2D eigenvalue weighted by molar-refractivity contribution is 5.92. The molecule has 6 nitrogen and oxygen atoms in total. The number of anilines is 2. The monoisotopic (exact) mass is 386 g/mol. The van der Waals surface area contributed by atoms with E-state index in [4.69, 9.17) is 4.98 Å². The van der Waals surface area contributed by atoms with Crippen molar-refractivity contribution in [3.05, 3.63) is 59.4 Å². The van der Waals surface area contributed by atoms with E-state index >= 15 is 0 Å². The average Bonchev–Trinajstić information content (AvgIpc) is 3.18. The van der Waals surface area contributed by atoms with E-state index in [0.29, 0.717) is 0 Å². The second-order valence-corrected chi connectivity index (χ2v) is 7.82.